The number of benzene rings is 2. The van der Waals surface area contributed by atoms with Crippen molar-refractivity contribution in [2.75, 3.05) is 13.2 Å². The number of carbonyl (C=O) groups is 3. The number of ether oxygens (including phenoxy) is 1. The summed E-state index contributed by atoms with van der Waals surface area (Å²) in [4.78, 5) is 36.5. The van der Waals surface area contributed by atoms with E-state index in [-0.39, 0.29) is 36.9 Å². The average molecular weight is 465 g/mol. The van der Waals surface area contributed by atoms with E-state index in [1.54, 1.807) is 0 Å². The summed E-state index contributed by atoms with van der Waals surface area (Å²) in [6.07, 6.45) is 1.14. The van der Waals surface area contributed by atoms with Gasteiger partial charge < -0.3 is 20.5 Å². The Morgan fingerprint density at radius 3 is 2.18 bits per heavy atom. The molecule has 7 nitrogen and oxygen atoms in total. The summed E-state index contributed by atoms with van der Waals surface area (Å²) in [5.74, 6) is -1.82. The highest BCUT2D eigenvalue weighted by Crippen LogP contribution is 2.44. The number of rotatable bonds is 8. The molecule has 4 rings (SSSR count). The minimum Gasteiger partial charge on any atom is -0.481 e. The Hall–Kier alpha value is -3.35. The monoisotopic (exact) mass is 464 g/mol. The minimum atomic E-state index is -0.811. The maximum Gasteiger partial charge on any atom is 0.407 e. The number of carboxylic acids is 1. The summed E-state index contributed by atoms with van der Waals surface area (Å²) < 4.78 is 5.58. The first-order valence-corrected chi connectivity index (χ1v) is 12.0. The van der Waals surface area contributed by atoms with Gasteiger partial charge in [-0.1, -0.05) is 62.4 Å². The van der Waals surface area contributed by atoms with Gasteiger partial charge in [0.25, 0.3) is 0 Å². The van der Waals surface area contributed by atoms with Crippen molar-refractivity contribution in [2.24, 2.45) is 17.8 Å². The molecule has 0 saturated heterocycles. The molecule has 1 saturated carbocycles. The Morgan fingerprint density at radius 2 is 1.62 bits per heavy atom. The lowest BCUT2D eigenvalue weighted by molar-refractivity contribution is -0.141. The number of nitrogens with one attached hydrogen (secondary N) is 2. The van der Waals surface area contributed by atoms with Crippen LogP contribution < -0.4 is 10.6 Å². The van der Waals surface area contributed by atoms with E-state index in [9.17, 15) is 19.5 Å². The van der Waals surface area contributed by atoms with Crippen molar-refractivity contribution < 1.29 is 24.2 Å². The highest BCUT2D eigenvalue weighted by Gasteiger charge is 2.33. The number of hydrogen-bond acceptors (Lipinski definition) is 4. The molecule has 3 atom stereocenters. The van der Waals surface area contributed by atoms with Gasteiger partial charge in [-0.25, -0.2) is 4.79 Å². The van der Waals surface area contributed by atoms with E-state index in [0.717, 1.165) is 11.1 Å². The van der Waals surface area contributed by atoms with E-state index in [1.807, 2.05) is 38.1 Å². The lowest BCUT2D eigenvalue weighted by Crippen LogP contribution is -2.44. The molecular formula is C27H32N2O5. The molecular weight excluding hydrogens is 432 g/mol. The Morgan fingerprint density at radius 1 is 1.00 bits per heavy atom. The molecule has 2 aliphatic rings. The van der Waals surface area contributed by atoms with Gasteiger partial charge in [0.2, 0.25) is 5.91 Å². The molecule has 1 fully saturated rings. The second kappa shape index (κ2) is 10.3. The molecule has 2 aromatic carbocycles. The summed E-state index contributed by atoms with van der Waals surface area (Å²) >= 11 is 0. The highest BCUT2D eigenvalue weighted by molar-refractivity contribution is 5.81. The largest absolute Gasteiger partial charge is 0.481 e. The number of carboxylic acid groups (broad SMARTS) is 1. The van der Waals surface area contributed by atoms with Crippen LogP contribution in [0.1, 0.15) is 50.2 Å². The number of fused-ring (bicyclic) bond motifs is 3. The second-order valence-electron chi connectivity index (χ2n) is 9.61. The number of alkyl carbamates (subject to hydrolysis) is 1. The summed E-state index contributed by atoms with van der Waals surface area (Å²) in [5.41, 5.74) is 4.63. The number of carbonyl (C=O) groups excluding carboxylic acids is 2. The lowest BCUT2D eigenvalue weighted by Gasteiger charge is -2.23. The number of hydrogen-bond donors (Lipinski definition) is 3. The quantitative estimate of drug-likeness (QED) is 0.544. The zero-order valence-corrected chi connectivity index (χ0v) is 19.6. The second-order valence-corrected chi connectivity index (χ2v) is 9.61. The van der Waals surface area contributed by atoms with Crippen molar-refractivity contribution in [1.82, 2.24) is 10.6 Å². The third kappa shape index (κ3) is 5.08. The summed E-state index contributed by atoms with van der Waals surface area (Å²) in [7, 11) is 0. The molecule has 0 aromatic heterocycles. The molecule has 7 heteroatoms. The van der Waals surface area contributed by atoms with Gasteiger partial charge in [0, 0.05) is 18.5 Å². The summed E-state index contributed by atoms with van der Waals surface area (Å²) in [6.45, 7) is 4.24. The third-order valence-electron chi connectivity index (χ3n) is 7.08. The molecule has 0 spiro atoms. The molecule has 0 aliphatic heterocycles. The maximum absolute atomic E-state index is 12.8. The fraction of sp³-hybridized carbons (Fsp3) is 0.444. The van der Waals surface area contributed by atoms with E-state index in [4.69, 9.17) is 4.74 Å². The van der Waals surface area contributed by atoms with E-state index in [2.05, 4.69) is 34.9 Å². The molecule has 0 bridgehead atoms. The minimum absolute atomic E-state index is 0.00515. The molecule has 2 amide bonds. The van der Waals surface area contributed by atoms with Crippen LogP contribution in [-0.2, 0) is 14.3 Å². The van der Waals surface area contributed by atoms with Crippen LogP contribution in [0.3, 0.4) is 0 Å². The van der Waals surface area contributed by atoms with Crippen molar-refractivity contribution in [3.05, 3.63) is 59.7 Å². The molecule has 0 heterocycles. The van der Waals surface area contributed by atoms with E-state index in [1.165, 1.54) is 11.1 Å². The Kier molecular flexibility index (Phi) is 7.20. The Bertz CT molecular complexity index is 1020. The van der Waals surface area contributed by atoms with Gasteiger partial charge in [0.05, 0.1) is 11.8 Å². The molecule has 2 aliphatic carbocycles. The first-order valence-electron chi connectivity index (χ1n) is 12.0. The van der Waals surface area contributed by atoms with Crippen molar-refractivity contribution in [2.45, 2.75) is 45.1 Å². The van der Waals surface area contributed by atoms with E-state index >= 15 is 0 Å². The van der Waals surface area contributed by atoms with Gasteiger partial charge in [-0.3, -0.25) is 9.59 Å². The first-order chi connectivity index (χ1) is 16.3. The van der Waals surface area contributed by atoms with Crippen molar-refractivity contribution >= 4 is 18.0 Å². The van der Waals surface area contributed by atoms with Gasteiger partial charge >= 0.3 is 12.1 Å². The normalized spacial score (nSPS) is 19.9. The first kappa shape index (κ1) is 23.8. The number of amides is 2. The summed E-state index contributed by atoms with van der Waals surface area (Å²) in [6, 6.07) is 16.2. The van der Waals surface area contributed by atoms with E-state index < -0.39 is 23.9 Å². The fourth-order valence-electron chi connectivity index (χ4n) is 5.12. The molecule has 3 N–H and O–H groups in total. The third-order valence-corrected chi connectivity index (χ3v) is 7.08. The van der Waals surface area contributed by atoms with Crippen LogP contribution in [-0.4, -0.2) is 42.3 Å². The van der Waals surface area contributed by atoms with Gasteiger partial charge in [0.15, 0.2) is 0 Å². The van der Waals surface area contributed by atoms with E-state index in [0.29, 0.717) is 19.3 Å². The standard InChI is InChI=1S/C27H32N2O5/c1-16(2)23(25(30)29-18-12-11-17(13-18)26(31)32)14-28-27(33)34-15-24-21-9-5-3-7-19(21)20-8-4-6-10-22(20)24/h3-10,16-18,23-24H,11-15H2,1-2H3,(H,28,33)(H,29,30)(H,31,32). The van der Waals surface area contributed by atoms with Gasteiger partial charge in [-0.15, -0.1) is 0 Å². The van der Waals surface area contributed by atoms with Crippen LogP contribution in [0, 0.1) is 17.8 Å². The lowest BCUT2D eigenvalue weighted by atomic mass is 9.94. The van der Waals surface area contributed by atoms with Crippen molar-refractivity contribution in [1.29, 1.82) is 0 Å². The topological polar surface area (TPSA) is 105 Å². The zero-order valence-electron chi connectivity index (χ0n) is 19.6. The zero-order chi connectivity index (χ0) is 24.2. The Labute approximate surface area is 199 Å². The van der Waals surface area contributed by atoms with Crippen molar-refractivity contribution in [3.63, 3.8) is 0 Å². The van der Waals surface area contributed by atoms with Crippen LogP contribution in [0.2, 0.25) is 0 Å². The van der Waals surface area contributed by atoms with Crippen LogP contribution in [0.25, 0.3) is 11.1 Å². The van der Waals surface area contributed by atoms with Gasteiger partial charge in [-0.05, 0) is 47.4 Å². The average Bonchev–Trinajstić information content (AvgIpc) is 3.40. The van der Waals surface area contributed by atoms with Gasteiger partial charge in [0.1, 0.15) is 6.61 Å². The smallest absolute Gasteiger partial charge is 0.407 e. The summed E-state index contributed by atoms with van der Waals surface area (Å²) in [5, 5.41) is 14.9. The van der Waals surface area contributed by atoms with Crippen LogP contribution in [0.4, 0.5) is 4.79 Å². The number of aliphatic carboxylic acids is 1. The molecule has 2 aromatic rings. The highest BCUT2D eigenvalue weighted by atomic mass is 16.5. The predicted octanol–water partition coefficient (Wildman–Crippen LogP) is 4.17. The fourth-order valence-corrected chi connectivity index (χ4v) is 5.12. The maximum atomic E-state index is 12.8. The van der Waals surface area contributed by atoms with Gasteiger partial charge in [-0.2, -0.15) is 0 Å². The molecule has 34 heavy (non-hydrogen) atoms. The molecule has 180 valence electrons. The van der Waals surface area contributed by atoms with Crippen LogP contribution >= 0.6 is 0 Å². The molecule has 3 unspecified atom stereocenters. The van der Waals surface area contributed by atoms with Crippen LogP contribution in [0.5, 0.6) is 0 Å². The Balaban J connectivity index is 1.30. The van der Waals surface area contributed by atoms with Crippen molar-refractivity contribution in [3.8, 4) is 11.1 Å². The predicted molar refractivity (Wildman–Crippen MR) is 128 cm³/mol. The van der Waals surface area contributed by atoms with Crippen LogP contribution in [0.15, 0.2) is 48.5 Å². The molecule has 0 radical (unpaired) electrons. The SMILES string of the molecule is CC(C)C(CNC(=O)OCC1c2ccccc2-c2ccccc21)C(=O)NC1CCC(C(=O)O)C1.